The van der Waals surface area contributed by atoms with Crippen LogP contribution in [0, 0.1) is 0 Å². The first-order chi connectivity index (χ1) is 9.97. The molecule has 0 bridgehead atoms. The molecule has 1 N–H and O–H groups in total. The van der Waals surface area contributed by atoms with Crippen LogP contribution in [0.5, 0.6) is 0 Å². The van der Waals surface area contributed by atoms with Gasteiger partial charge in [-0.2, -0.15) is 0 Å². The first-order valence-electron chi connectivity index (χ1n) is 7.09. The lowest BCUT2D eigenvalue weighted by Crippen LogP contribution is -2.42. The van der Waals surface area contributed by atoms with Crippen LogP contribution in [-0.2, 0) is 4.79 Å². The highest BCUT2D eigenvalue weighted by Crippen LogP contribution is 2.29. The smallest absolute Gasteiger partial charge is 0.328 e. The van der Waals surface area contributed by atoms with E-state index in [2.05, 4.69) is 45.9 Å². The third-order valence-corrected chi connectivity index (χ3v) is 4.51. The average molecular weight is 353 g/mol. The van der Waals surface area contributed by atoms with E-state index in [9.17, 15) is 4.79 Å². The van der Waals surface area contributed by atoms with Crippen LogP contribution in [0.3, 0.4) is 0 Å². The Hall–Kier alpha value is -1.33. The van der Waals surface area contributed by atoms with Gasteiger partial charge < -0.3 is 14.9 Å². The molecule has 1 aliphatic rings. The van der Waals surface area contributed by atoms with Gasteiger partial charge in [-0.25, -0.2) is 4.79 Å². The van der Waals surface area contributed by atoms with E-state index in [4.69, 9.17) is 5.11 Å². The largest absolute Gasteiger partial charge is 0.478 e. The Bertz CT molecular complexity index is 537. The van der Waals surface area contributed by atoms with Gasteiger partial charge in [-0.3, -0.25) is 0 Å². The van der Waals surface area contributed by atoms with E-state index in [0.29, 0.717) is 6.04 Å². The second-order valence-electron chi connectivity index (χ2n) is 5.52. The van der Waals surface area contributed by atoms with Crippen molar-refractivity contribution in [2.24, 2.45) is 0 Å². The normalized spacial score (nSPS) is 17.3. The van der Waals surface area contributed by atoms with E-state index < -0.39 is 5.97 Å². The number of hydrogen-bond acceptors (Lipinski definition) is 3. The summed E-state index contributed by atoms with van der Waals surface area (Å²) in [6.07, 6.45) is 5.11. The fourth-order valence-electron chi connectivity index (χ4n) is 2.70. The molecule has 0 spiro atoms. The highest BCUT2D eigenvalue weighted by molar-refractivity contribution is 9.10. The second kappa shape index (κ2) is 7.09. The van der Waals surface area contributed by atoms with E-state index in [1.54, 1.807) is 6.08 Å². The summed E-state index contributed by atoms with van der Waals surface area (Å²) in [4.78, 5) is 15.4. The molecule has 5 heteroatoms. The molecule has 0 unspecified atom stereocenters. The van der Waals surface area contributed by atoms with Crippen LogP contribution >= 0.6 is 15.9 Å². The van der Waals surface area contributed by atoms with Gasteiger partial charge in [-0.05, 0) is 56.8 Å². The predicted octanol–water partition coefficient (Wildman–Crippen LogP) is 3.08. The monoisotopic (exact) mass is 352 g/mol. The van der Waals surface area contributed by atoms with E-state index in [1.165, 1.54) is 6.08 Å². The number of nitrogens with zero attached hydrogens (tertiary/aromatic N) is 2. The van der Waals surface area contributed by atoms with Gasteiger partial charge in [-0.1, -0.05) is 22.0 Å². The first-order valence-corrected chi connectivity index (χ1v) is 7.88. The standard InChI is InChI=1S/C16H21BrN2O2/c1-18-9-7-14(8-10-18)19(2)15-11-13(17)5-3-12(15)4-6-16(20)21/h3-6,11,14H,7-10H2,1-2H3,(H,20,21)/b6-4+. The molecule has 1 aromatic carbocycles. The zero-order valence-corrected chi connectivity index (χ0v) is 14.0. The van der Waals surface area contributed by atoms with Crippen molar-refractivity contribution in [1.29, 1.82) is 0 Å². The maximum atomic E-state index is 10.7. The highest BCUT2D eigenvalue weighted by atomic mass is 79.9. The Balaban J connectivity index is 2.24. The number of benzene rings is 1. The molecule has 0 amide bonds. The van der Waals surface area contributed by atoms with Gasteiger partial charge in [0.15, 0.2) is 0 Å². The number of carbonyl (C=O) groups is 1. The molecular weight excluding hydrogens is 332 g/mol. The summed E-state index contributed by atoms with van der Waals surface area (Å²) in [7, 11) is 4.24. The lowest BCUT2D eigenvalue weighted by Gasteiger charge is -2.37. The number of halogens is 1. The van der Waals surface area contributed by atoms with E-state index in [1.807, 2.05) is 12.1 Å². The van der Waals surface area contributed by atoms with Crippen LogP contribution in [0.15, 0.2) is 28.7 Å². The van der Waals surface area contributed by atoms with Crippen molar-refractivity contribution in [2.45, 2.75) is 18.9 Å². The summed E-state index contributed by atoms with van der Waals surface area (Å²) in [6.45, 7) is 2.20. The zero-order chi connectivity index (χ0) is 15.4. The average Bonchev–Trinajstić information content (AvgIpc) is 2.46. The zero-order valence-electron chi connectivity index (χ0n) is 12.4. The van der Waals surface area contributed by atoms with E-state index in [0.717, 1.165) is 41.7 Å². The number of carboxylic acids is 1. The van der Waals surface area contributed by atoms with Crippen molar-refractivity contribution >= 4 is 33.7 Å². The van der Waals surface area contributed by atoms with Gasteiger partial charge in [0.1, 0.15) is 0 Å². The van der Waals surface area contributed by atoms with Crippen LogP contribution in [0.2, 0.25) is 0 Å². The van der Waals surface area contributed by atoms with Gasteiger partial charge in [0, 0.05) is 29.3 Å². The summed E-state index contributed by atoms with van der Waals surface area (Å²) in [5, 5.41) is 8.82. The molecule has 114 valence electrons. The van der Waals surface area contributed by atoms with Crippen LogP contribution in [0.4, 0.5) is 5.69 Å². The van der Waals surface area contributed by atoms with Gasteiger partial charge in [-0.15, -0.1) is 0 Å². The molecule has 21 heavy (non-hydrogen) atoms. The van der Waals surface area contributed by atoms with Crippen molar-refractivity contribution in [3.05, 3.63) is 34.3 Å². The molecule has 0 atom stereocenters. The summed E-state index contributed by atoms with van der Waals surface area (Å²) in [5.41, 5.74) is 2.00. The highest BCUT2D eigenvalue weighted by Gasteiger charge is 2.22. The fourth-order valence-corrected chi connectivity index (χ4v) is 3.05. The Morgan fingerprint density at radius 3 is 2.71 bits per heavy atom. The number of aliphatic carboxylic acids is 1. The number of hydrogen-bond donors (Lipinski definition) is 1. The molecule has 1 heterocycles. The quantitative estimate of drug-likeness (QED) is 0.845. The molecule has 1 aliphatic heterocycles. The first kappa shape index (κ1) is 16.0. The topological polar surface area (TPSA) is 43.8 Å². The number of carboxylic acid groups (broad SMARTS) is 1. The Morgan fingerprint density at radius 1 is 1.43 bits per heavy atom. The maximum Gasteiger partial charge on any atom is 0.328 e. The van der Waals surface area contributed by atoms with Crippen molar-refractivity contribution < 1.29 is 9.90 Å². The summed E-state index contributed by atoms with van der Waals surface area (Å²) >= 11 is 3.50. The lowest BCUT2D eigenvalue weighted by atomic mass is 10.0. The Labute approximate surface area is 134 Å². The van der Waals surface area contributed by atoms with Gasteiger partial charge in [0.2, 0.25) is 0 Å². The Kier molecular flexibility index (Phi) is 5.42. The van der Waals surface area contributed by atoms with Crippen LogP contribution in [-0.4, -0.2) is 49.2 Å². The number of piperidine rings is 1. The number of likely N-dealkylation sites (tertiary alicyclic amines) is 1. The molecule has 0 saturated carbocycles. The fraction of sp³-hybridized carbons (Fsp3) is 0.438. The van der Waals surface area contributed by atoms with E-state index in [-0.39, 0.29) is 0 Å². The van der Waals surface area contributed by atoms with Crippen LogP contribution in [0.25, 0.3) is 6.08 Å². The minimum Gasteiger partial charge on any atom is -0.478 e. The molecule has 0 aliphatic carbocycles. The molecule has 4 nitrogen and oxygen atoms in total. The van der Waals surface area contributed by atoms with Crippen molar-refractivity contribution in [1.82, 2.24) is 4.90 Å². The van der Waals surface area contributed by atoms with Gasteiger partial charge >= 0.3 is 5.97 Å². The minimum atomic E-state index is -0.925. The summed E-state index contributed by atoms with van der Waals surface area (Å²) in [5.74, 6) is -0.925. The lowest BCUT2D eigenvalue weighted by molar-refractivity contribution is -0.131. The Morgan fingerprint density at radius 2 is 2.10 bits per heavy atom. The van der Waals surface area contributed by atoms with Crippen molar-refractivity contribution in [2.75, 3.05) is 32.1 Å². The predicted molar refractivity (Wildman–Crippen MR) is 89.7 cm³/mol. The van der Waals surface area contributed by atoms with Crippen LogP contribution < -0.4 is 4.90 Å². The minimum absolute atomic E-state index is 0.493. The van der Waals surface area contributed by atoms with Crippen molar-refractivity contribution in [3.8, 4) is 0 Å². The van der Waals surface area contributed by atoms with Crippen molar-refractivity contribution in [3.63, 3.8) is 0 Å². The molecule has 1 aromatic rings. The third-order valence-electron chi connectivity index (χ3n) is 4.01. The van der Waals surface area contributed by atoms with Gasteiger partial charge in [0.05, 0.1) is 0 Å². The number of anilines is 1. The maximum absolute atomic E-state index is 10.7. The summed E-state index contributed by atoms with van der Waals surface area (Å²) in [6, 6.07) is 6.44. The molecule has 0 aromatic heterocycles. The molecule has 1 fully saturated rings. The van der Waals surface area contributed by atoms with Crippen LogP contribution in [0.1, 0.15) is 18.4 Å². The molecule has 0 radical (unpaired) electrons. The number of rotatable bonds is 4. The third kappa shape index (κ3) is 4.32. The molecular formula is C16H21BrN2O2. The van der Waals surface area contributed by atoms with E-state index >= 15 is 0 Å². The molecule has 1 saturated heterocycles. The SMILES string of the molecule is CN1CCC(N(C)c2cc(Br)ccc2/C=C/C(=O)O)CC1. The second-order valence-corrected chi connectivity index (χ2v) is 6.44. The summed E-state index contributed by atoms with van der Waals surface area (Å²) < 4.78 is 1.00. The van der Waals surface area contributed by atoms with Gasteiger partial charge in [0.25, 0.3) is 0 Å². The molecule has 2 rings (SSSR count).